The molecular weight excluding hydrogens is 362 g/mol. The molecule has 1 atom stereocenters. The summed E-state index contributed by atoms with van der Waals surface area (Å²) in [5.74, 6) is 1.39. The van der Waals surface area contributed by atoms with Gasteiger partial charge in [0.25, 0.3) is 0 Å². The lowest BCUT2D eigenvalue weighted by atomic mass is 10.1. The Hall–Kier alpha value is -2.54. The first kappa shape index (κ1) is 19.2. The number of para-hydroxylation sites is 1. The van der Waals surface area contributed by atoms with Crippen molar-refractivity contribution in [1.29, 1.82) is 0 Å². The number of pyridine rings is 1. The van der Waals surface area contributed by atoms with E-state index >= 15 is 0 Å². The van der Waals surface area contributed by atoms with E-state index in [4.69, 9.17) is 4.74 Å². The second-order valence-corrected chi connectivity index (χ2v) is 8.54. The van der Waals surface area contributed by atoms with Crippen LogP contribution < -0.4 is 15.4 Å². The van der Waals surface area contributed by atoms with Crippen LogP contribution in [-0.2, 0) is 16.1 Å². The zero-order valence-electron chi connectivity index (χ0n) is 15.6. The second-order valence-electron chi connectivity index (χ2n) is 6.90. The number of hydrogen-bond donors (Lipinski definition) is 2. The molecule has 7 heteroatoms. The van der Waals surface area contributed by atoms with E-state index in [0.717, 1.165) is 16.9 Å². The van der Waals surface area contributed by atoms with Gasteiger partial charge >= 0.3 is 0 Å². The van der Waals surface area contributed by atoms with Crippen LogP contribution in [0.1, 0.15) is 25.0 Å². The normalized spacial score (nSPS) is 18.5. The molecule has 2 aromatic rings. The van der Waals surface area contributed by atoms with Crippen LogP contribution in [0.15, 0.2) is 42.6 Å². The number of aryl methyl sites for hydroxylation is 1. The number of carbonyl (C=O) groups is 2. The Labute approximate surface area is 163 Å². The molecule has 0 aliphatic carbocycles. The summed E-state index contributed by atoms with van der Waals surface area (Å²) in [6, 6.07) is 10.8. The number of thioether (sulfide) groups is 1. The van der Waals surface area contributed by atoms with E-state index in [9.17, 15) is 9.59 Å². The van der Waals surface area contributed by atoms with Gasteiger partial charge in [-0.1, -0.05) is 24.3 Å². The van der Waals surface area contributed by atoms with Gasteiger partial charge < -0.3 is 15.4 Å². The van der Waals surface area contributed by atoms with Crippen molar-refractivity contribution in [3.05, 3.63) is 53.7 Å². The van der Waals surface area contributed by atoms with E-state index in [1.165, 1.54) is 11.8 Å². The number of amides is 2. The van der Waals surface area contributed by atoms with E-state index in [1.807, 2.05) is 51.1 Å². The number of ether oxygens (including phenoxy) is 1. The third kappa shape index (κ3) is 4.60. The summed E-state index contributed by atoms with van der Waals surface area (Å²) in [5.41, 5.74) is 1.77. The predicted molar refractivity (Wildman–Crippen MR) is 106 cm³/mol. The van der Waals surface area contributed by atoms with Crippen molar-refractivity contribution in [3.63, 3.8) is 0 Å². The first-order valence-corrected chi connectivity index (χ1v) is 9.75. The lowest BCUT2D eigenvalue weighted by Gasteiger charge is -2.32. The van der Waals surface area contributed by atoms with Gasteiger partial charge in [0.15, 0.2) is 0 Å². The van der Waals surface area contributed by atoms with Crippen LogP contribution in [0.25, 0.3) is 0 Å². The van der Waals surface area contributed by atoms with E-state index in [-0.39, 0.29) is 18.4 Å². The highest BCUT2D eigenvalue weighted by Crippen LogP contribution is 2.29. The summed E-state index contributed by atoms with van der Waals surface area (Å²) < 4.78 is 5.42. The van der Waals surface area contributed by atoms with Gasteiger partial charge in [-0.05, 0) is 38.5 Å². The highest BCUT2D eigenvalue weighted by molar-refractivity contribution is 8.01. The van der Waals surface area contributed by atoms with Gasteiger partial charge in [0, 0.05) is 24.1 Å². The van der Waals surface area contributed by atoms with Crippen molar-refractivity contribution in [2.75, 3.05) is 5.75 Å². The lowest BCUT2D eigenvalue weighted by Crippen LogP contribution is -2.57. The van der Waals surface area contributed by atoms with Gasteiger partial charge in [-0.25, -0.2) is 4.98 Å². The van der Waals surface area contributed by atoms with Gasteiger partial charge in [-0.3, -0.25) is 9.59 Å². The van der Waals surface area contributed by atoms with Crippen molar-refractivity contribution < 1.29 is 14.3 Å². The molecule has 142 valence electrons. The summed E-state index contributed by atoms with van der Waals surface area (Å²) in [6.45, 7) is 5.94. The van der Waals surface area contributed by atoms with Crippen molar-refractivity contribution >= 4 is 23.6 Å². The van der Waals surface area contributed by atoms with E-state index in [0.29, 0.717) is 11.6 Å². The number of nitrogens with one attached hydrogen (secondary N) is 2. The molecule has 0 radical (unpaired) electrons. The fraction of sp³-hybridized carbons (Fsp3) is 0.350. The van der Waals surface area contributed by atoms with Crippen LogP contribution in [0.3, 0.4) is 0 Å². The van der Waals surface area contributed by atoms with Gasteiger partial charge in [-0.2, -0.15) is 0 Å². The Balaban J connectivity index is 1.64. The number of aromatic nitrogens is 1. The summed E-state index contributed by atoms with van der Waals surface area (Å²) in [6.07, 6.45) is 1.65. The molecule has 1 unspecified atom stereocenters. The minimum atomic E-state index is -0.534. The minimum Gasteiger partial charge on any atom is -0.438 e. The zero-order chi connectivity index (χ0) is 19.4. The van der Waals surface area contributed by atoms with Crippen molar-refractivity contribution in [3.8, 4) is 11.6 Å². The smallest absolute Gasteiger partial charge is 0.243 e. The molecule has 27 heavy (non-hydrogen) atoms. The van der Waals surface area contributed by atoms with Crippen molar-refractivity contribution in [1.82, 2.24) is 15.6 Å². The second kappa shape index (κ2) is 8.00. The maximum absolute atomic E-state index is 12.5. The van der Waals surface area contributed by atoms with Gasteiger partial charge in [0.2, 0.25) is 17.7 Å². The highest BCUT2D eigenvalue weighted by Gasteiger charge is 2.37. The molecule has 1 aliphatic heterocycles. The molecule has 2 heterocycles. The Morgan fingerprint density at radius 2 is 2.11 bits per heavy atom. The van der Waals surface area contributed by atoms with Crippen LogP contribution in [0, 0.1) is 6.92 Å². The average Bonchev–Trinajstić information content (AvgIpc) is 2.65. The summed E-state index contributed by atoms with van der Waals surface area (Å²) >= 11 is 1.48. The minimum absolute atomic E-state index is 0.121. The fourth-order valence-electron chi connectivity index (χ4n) is 2.60. The molecule has 1 aromatic heterocycles. The highest BCUT2D eigenvalue weighted by atomic mass is 32.2. The number of rotatable bonds is 5. The topological polar surface area (TPSA) is 80.3 Å². The summed E-state index contributed by atoms with van der Waals surface area (Å²) in [7, 11) is 0. The monoisotopic (exact) mass is 385 g/mol. The van der Waals surface area contributed by atoms with E-state index < -0.39 is 10.8 Å². The fourth-order valence-corrected chi connectivity index (χ4v) is 3.61. The maximum atomic E-state index is 12.5. The Kier molecular flexibility index (Phi) is 5.70. The molecule has 2 N–H and O–H groups in total. The number of hydrogen-bond acceptors (Lipinski definition) is 5. The number of nitrogens with zero attached hydrogens (tertiary/aromatic N) is 1. The first-order valence-electron chi connectivity index (χ1n) is 8.77. The Morgan fingerprint density at radius 3 is 2.85 bits per heavy atom. The van der Waals surface area contributed by atoms with Gasteiger partial charge in [-0.15, -0.1) is 11.8 Å². The van der Waals surface area contributed by atoms with Gasteiger partial charge in [0.05, 0.1) is 4.75 Å². The third-order valence-electron chi connectivity index (χ3n) is 4.38. The van der Waals surface area contributed by atoms with Crippen LogP contribution >= 0.6 is 11.8 Å². The van der Waals surface area contributed by atoms with Crippen LogP contribution in [0.2, 0.25) is 0 Å². The molecule has 0 bridgehead atoms. The van der Waals surface area contributed by atoms with E-state index in [2.05, 4.69) is 15.6 Å². The lowest BCUT2D eigenvalue weighted by molar-refractivity contribution is -0.129. The first-order chi connectivity index (χ1) is 12.9. The standard InChI is InChI=1S/C20H23N3O3S/c1-13-7-4-5-9-16(13)26-18-14(8-6-10-21-18)11-22-17(24)15-12-27-20(2,3)19(25)23-15/h4-10,15H,11-12H2,1-3H3,(H,22,24)(H,23,25). The SMILES string of the molecule is Cc1ccccc1Oc1ncccc1CNC(=O)C1CSC(C)(C)C(=O)N1. The molecule has 1 aliphatic rings. The molecule has 0 saturated carbocycles. The molecule has 1 aromatic carbocycles. The largest absolute Gasteiger partial charge is 0.438 e. The predicted octanol–water partition coefficient (Wildman–Crippen LogP) is 2.81. The summed E-state index contributed by atoms with van der Waals surface area (Å²) in [4.78, 5) is 28.8. The number of carbonyl (C=O) groups excluding carboxylic acids is 2. The Morgan fingerprint density at radius 1 is 1.33 bits per heavy atom. The molecule has 1 fully saturated rings. The van der Waals surface area contributed by atoms with Crippen LogP contribution in [0.5, 0.6) is 11.6 Å². The van der Waals surface area contributed by atoms with Crippen molar-refractivity contribution in [2.24, 2.45) is 0 Å². The number of benzene rings is 1. The summed E-state index contributed by atoms with van der Waals surface area (Å²) in [5, 5.41) is 5.66. The molecule has 0 spiro atoms. The Bertz CT molecular complexity index is 854. The maximum Gasteiger partial charge on any atom is 0.243 e. The van der Waals surface area contributed by atoms with E-state index in [1.54, 1.807) is 12.3 Å². The van der Waals surface area contributed by atoms with Crippen LogP contribution in [-0.4, -0.2) is 33.3 Å². The molecular formula is C20H23N3O3S. The quantitative estimate of drug-likeness (QED) is 0.827. The molecule has 1 saturated heterocycles. The molecule has 6 nitrogen and oxygen atoms in total. The zero-order valence-corrected chi connectivity index (χ0v) is 16.4. The molecule has 2 amide bonds. The van der Waals surface area contributed by atoms with Crippen molar-refractivity contribution in [2.45, 2.75) is 38.1 Å². The van der Waals surface area contributed by atoms with Crippen LogP contribution in [0.4, 0.5) is 0 Å². The average molecular weight is 385 g/mol. The third-order valence-corrected chi connectivity index (χ3v) is 5.79. The molecule has 3 rings (SSSR count). The van der Waals surface area contributed by atoms with Gasteiger partial charge in [0.1, 0.15) is 11.8 Å².